The molecular weight excluding hydrogens is 216 g/mol. The molecule has 1 N–H and O–H groups in total. The SMILES string of the molecule is COc1ccc(/C=C/C=C/C(=O)O)c(C)c1C. The lowest BCUT2D eigenvalue weighted by molar-refractivity contribution is -0.131. The summed E-state index contributed by atoms with van der Waals surface area (Å²) < 4.78 is 5.22. The summed E-state index contributed by atoms with van der Waals surface area (Å²) >= 11 is 0. The number of aliphatic carboxylic acids is 1. The van der Waals surface area contributed by atoms with E-state index in [0.717, 1.165) is 28.5 Å². The summed E-state index contributed by atoms with van der Waals surface area (Å²) in [6.45, 7) is 4.01. The third-order valence-corrected chi connectivity index (χ3v) is 2.62. The van der Waals surface area contributed by atoms with Crippen molar-refractivity contribution in [2.24, 2.45) is 0 Å². The molecule has 90 valence electrons. The molecule has 1 rings (SSSR count). The Morgan fingerprint density at radius 1 is 1.24 bits per heavy atom. The van der Waals surface area contributed by atoms with Crippen LogP contribution >= 0.6 is 0 Å². The molecule has 0 aliphatic carbocycles. The maximum absolute atomic E-state index is 10.3. The molecule has 0 saturated carbocycles. The van der Waals surface area contributed by atoms with Gasteiger partial charge in [-0.25, -0.2) is 4.79 Å². The standard InChI is InChI=1S/C14H16O3/c1-10-11(2)13(17-3)9-8-12(10)6-4-5-7-14(15)16/h4-9H,1-3H3,(H,15,16)/b6-4+,7-5+. The minimum Gasteiger partial charge on any atom is -0.496 e. The van der Waals surface area contributed by atoms with E-state index in [4.69, 9.17) is 9.84 Å². The van der Waals surface area contributed by atoms with Crippen LogP contribution in [0.1, 0.15) is 16.7 Å². The Bertz CT molecular complexity index is 471. The number of allylic oxidation sites excluding steroid dienone is 2. The molecule has 3 nitrogen and oxygen atoms in total. The summed E-state index contributed by atoms with van der Waals surface area (Å²) in [4.78, 5) is 10.3. The molecule has 0 atom stereocenters. The fourth-order valence-electron chi connectivity index (χ4n) is 1.52. The molecule has 0 bridgehead atoms. The first-order valence-electron chi connectivity index (χ1n) is 5.28. The molecule has 0 aromatic heterocycles. The van der Waals surface area contributed by atoms with Crippen LogP contribution in [-0.2, 0) is 4.79 Å². The molecule has 0 unspecified atom stereocenters. The van der Waals surface area contributed by atoms with Gasteiger partial charge in [0.1, 0.15) is 5.75 Å². The molecule has 3 heteroatoms. The van der Waals surface area contributed by atoms with Gasteiger partial charge in [0.25, 0.3) is 0 Å². The van der Waals surface area contributed by atoms with E-state index < -0.39 is 5.97 Å². The van der Waals surface area contributed by atoms with Gasteiger partial charge in [0.05, 0.1) is 7.11 Å². The van der Waals surface area contributed by atoms with Crippen LogP contribution in [-0.4, -0.2) is 18.2 Å². The zero-order chi connectivity index (χ0) is 12.8. The average Bonchev–Trinajstić information content (AvgIpc) is 2.29. The topological polar surface area (TPSA) is 46.5 Å². The first-order chi connectivity index (χ1) is 8.06. The zero-order valence-corrected chi connectivity index (χ0v) is 10.2. The van der Waals surface area contributed by atoms with E-state index in [1.807, 2.05) is 32.1 Å². The van der Waals surface area contributed by atoms with Crippen molar-refractivity contribution >= 4 is 12.0 Å². The van der Waals surface area contributed by atoms with Crippen LogP contribution < -0.4 is 4.74 Å². The highest BCUT2D eigenvalue weighted by molar-refractivity contribution is 5.80. The highest BCUT2D eigenvalue weighted by atomic mass is 16.5. The molecule has 0 aliphatic heterocycles. The Kier molecular flexibility index (Phi) is 4.52. The third-order valence-electron chi connectivity index (χ3n) is 2.62. The van der Waals surface area contributed by atoms with Crippen molar-refractivity contribution in [3.05, 3.63) is 47.1 Å². The van der Waals surface area contributed by atoms with Crippen LogP contribution in [0.15, 0.2) is 30.4 Å². The van der Waals surface area contributed by atoms with Gasteiger partial charge in [-0.3, -0.25) is 0 Å². The molecule has 0 fully saturated rings. The van der Waals surface area contributed by atoms with Gasteiger partial charge in [0.2, 0.25) is 0 Å². The Labute approximate surface area is 101 Å². The Hall–Kier alpha value is -2.03. The van der Waals surface area contributed by atoms with Crippen LogP contribution in [0.3, 0.4) is 0 Å². The van der Waals surface area contributed by atoms with Crippen LogP contribution in [0.2, 0.25) is 0 Å². The van der Waals surface area contributed by atoms with Gasteiger partial charge < -0.3 is 9.84 Å². The number of ether oxygens (including phenoxy) is 1. The average molecular weight is 232 g/mol. The monoisotopic (exact) mass is 232 g/mol. The number of carbonyl (C=O) groups is 1. The zero-order valence-electron chi connectivity index (χ0n) is 10.2. The van der Waals surface area contributed by atoms with E-state index in [-0.39, 0.29) is 0 Å². The summed E-state index contributed by atoms with van der Waals surface area (Å²) in [5.74, 6) is -0.0852. The quantitative estimate of drug-likeness (QED) is 0.641. The molecule has 0 radical (unpaired) electrons. The molecule has 1 aromatic carbocycles. The second kappa shape index (κ2) is 5.89. The molecule has 0 saturated heterocycles. The highest BCUT2D eigenvalue weighted by Crippen LogP contribution is 2.24. The van der Waals surface area contributed by atoms with Crippen LogP contribution in [0.5, 0.6) is 5.75 Å². The summed E-state index contributed by atoms with van der Waals surface area (Å²) in [6.07, 6.45) is 6.19. The lowest BCUT2D eigenvalue weighted by Gasteiger charge is -2.09. The van der Waals surface area contributed by atoms with E-state index in [1.165, 1.54) is 6.08 Å². The Morgan fingerprint density at radius 2 is 1.94 bits per heavy atom. The van der Waals surface area contributed by atoms with Crippen molar-refractivity contribution in [2.75, 3.05) is 7.11 Å². The summed E-state index contributed by atoms with van der Waals surface area (Å²) in [5, 5.41) is 8.44. The number of hydrogen-bond acceptors (Lipinski definition) is 2. The number of benzene rings is 1. The highest BCUT2D eigenvalue weighted by Gasteiger charge is 2.03. The summed E-state index contributed by atoms with van der Waals surface area (Å²) in [7, 11) is 1.65. The maximum atomic E-state index is 10.3. The second-order valence-corrected chi connectivity index (χ2v) is 3.66. The number of rotatable bonds is 4. The van der Waals surface area contributed by atoms with Gasteiger partial charge >= 0.3 is 5.97 Å². The van der Waals surface area contributed by atoms with Gasteiger partial charge in [-0.1, -0.05) is 24.3 Å². The van der Waals surface area contributed by atoms with Gasteiger partial charge in [-0.05, 0) is 36.6 Å². The molecule has 0 amide bonds. The molecule has 0 heterocycles. The lowest BCUT2D eigenvalue weighted by Crippen LogP contribution is -1.92. The molecule has 1 aromatic rings. The normalized spacial score (nSPS) is 11.2. The summed E-state index contributed by atoms with van der Waals surface area (Å²) in [6, 6.07) is 3.86. The van der Waals surface area contributed by atoms with E-state index in [2.05, 4.69) is 0 Å². The number of hydrogen-bond donors (Lipinski definition) is 1. The summed E-state index contributed by atoms with van der Waals surface area (Å²) in [5.41, 5.74) is 3.28. The smallest absolute Gasteiger partial charge is 0.328 e. The fourth-order valence-corrected chi connectivity index (χ4v) is 1.52. The Morgan fingerprint density at radius 3 is 2.53 bits per heavy atom. The predicted molar refractivity (Wildman–Crippen MR) is 68.3 cm³/mol. The van der Waals surface area contributed by atoms with E-state index in [9.17, 15) is 4.79 Å². The number of methoxy groups -OCH3 is 1. The first-order valence-corrected chi connectivity index (χ1v) is 5.28. The van der Waals surface area contributed by atoms with Crippen LogP contribution in [0.25, 0.3) is 6.08 Å². The third kappa shape index (κ3) is 3.48. The minimum absolute atomic E-state index is 0.862. The van der Waals surface area contributed by atoms with Crippen molar-refractivity contribution in [3.63, 3.8) is 0 Å². The molecular formula is C14H16O3. The molecule has 0 spiro atoms. The minimum atomic E-state index is -0.947. The van der Waals surface area contributed by atoms with Crippen molar-refractivity contribution in [1.82, 2.24) is 0 Å². The van der Waals surface area contributed by atoms with Crippen LogP contribution in [0, 0.1) is 13.8 Å². The Balaban J connectivity index is 2.93. The molecule has 0 aliphatic rings. The van der Waals surface area contributed by atoms with Gasteiger partial charge in [-0.2, -0.15) is 0 Å². The lowest BCUT2D eigenvalue weighted by atomic mass is 10.0. The van der Waals surface area contributed by atoms with E-state index >= 15 is 0 Å². The number of carboxylic acid groups (broad SMARTS) is 1. The van der Waals surface area contributed by atoms with Crippen molar-refractivity contribution in [2.45, 2.75) is 13.8 Å². The van der Waals surface area contributed by atoms with Gasteiger partial charge in [0, 0.05) is 6.08 Å². The maximum Gasteiger partial charge on any atom is 0.328 e. The largest absolute Gasteiger partial charge is 0.496 e. The van der Waals surface area contributed by atoms with E-state index in [0.29, 0.717) is 0 Å². The van der Waals surface area contributed by atoms with Crippen LogP contribution in [0.4, 0.5) is 0 Å². The fraction of sp³-hybridized carbons (Fsp3) is 0.214. The van der Waals surface area contributed by atoms with Crippen molar-refractivity contribution in [3.8, 4) is 5.75 Å². The van der Waals surface area contributed by atoms with Crippen molar-refractivity contribution < 1.29 is 14.6 Å². The molecule has 17 heavy (non-hydrogen) atoms. The van der Waals surface area contributed by atoms with Gasteiger partial charge in [0.15, 0.2) is 0 Å². The van der Waals surface area contributed by atoms with E-state index in [1.54, 1.807) is 13.2 Å². The predicted octanol–water partition coefficient (Wildman–Crippen LogP) is 2.97. The second-order valence-electron chi connectivity index (χ2n) is 3.66. The first kappa shape index (κ1) is 13.0. The van der Waals surface area contributed by atoms with Gasteiger partial charge in [-0.15, -0.1) is 0 Å². The number of carboxylic acids is 1. The van der Waals surface area contributed by atoms with Crippen molar-refractivity contribution in [1.29, 1.82) is 0 Å².